The summed E-state index contributed by atoms with van der Waals surface area (Å²) < 4.78 is 14.0. The fourth-order valence-corrected chi connectivity index (χ4v) is 2.82. The number of hydrogen-bond acceptors (Lipinski definition) is 5. The number of nitrogens with zero attached hydrogens (tertiary/aromatic N) is 3. The molecule has 1 aliphatic rings. The monoisotopic (exact) mass is 345 g/mol. The zero-order valence-electron chi connectivity index (χ0n) is 13.3. The van der Waals surface area contributed by atoms with Crippen LogP contribution in [-0.4, -0.2) is 47.0 Å². The fourth-order valence-electron chi connectivity index (χ4n) is 2.82. The van der Waals surface area contributed by atoms with E-state index in [0.717, 1.165) is 23.9 Å². The zero-order valence-corrected chi connectivity index (χ0v) is 13.3. The van der Waals surface area contributed by atoms with Crippen molar-refractivity contribution in [2.45, 2.75) is 0 Å². The number of nitro benzene ring substituents is 1. The second-order valence-electron chi connectivity index (χ2n) is 5.72. The van der Waals surface area contributed by atoms with Gasteiger partial charge in [-0.3, -0.25) is 14.9 Å². The minimum atomic E-state index is -0.894. The summed E-state index contributed by atoms with van der Waals surface area (Å²) in [5, 5.41) is 20.2. The average Bonchev–Trinajstić information content (AvgIpc) is 2.61. The first-order valence-corrected chi connectivity index (χ1v) is 7.73. The molecule has 0 aliphatic carbocycles. The van der Waals surface area contributed by atoms with Crippen molar-refractivity contribution in [1.29, 1.82) is 0 Å². The molecule has 0 bridgehead atoms. The van der Waals surface area contributed by atoms with Gasteiger partial charge >= 0.3 is 0 Å². The number of halogens is 1. The van der Waals surface area contributed by atoms with Gasteiger partial charge in [-0.25, -0.2) is 4.39 Å². The molecule has 8 heteroatoms. The van der Waals surface area contributed by atoms with E-state index in [4.69, 9.17) is 0 Å². The Morgan fingerprint density at radius 3 is 2.44 bits per heavy atom. The topological polar surface area (TPSA) is 86.9 Å². The van der Waals surface area contributed by atoms with E-state index in [9.17, 15) is 24.4 Å². The van der Waals surface area contributed by atoms with Gasteiger partial charge in [0.05, 0.1) is 16.6 Å². The van der Waals surface area contributed by atoms with E-state index in [1.54, 1.807) is 18.2 Å². The van der Waals surface area contributed by atoms with Crippen molar-refractivity contribution in [3.8, 4) is 5.75 Å². The van der Waals surface area contributed by atoms with Gasteiger partial charge in [0.25, 0.3) is 11.6 Å². The molecule has 0 unspecified atom stereocenters. The van der Waals surface area contributed by atoms with Gasteiger partial charge < -0.3 is 14.9 Å². The normalized spacial score (nSPS) is 14.4. The number of carbonyl (C=O) groups is 1. The highest BCUT2D eigenvalue weighted by Gasteiger charge is 2.25. The largest absolute Gasteiger partial charge is 0.508 e. The standard InChI is InChI=1S/C17H16FN3O4/c18-16-11-13(21(24)25)4-5-15(16)17(23)20-8-6-19(7-9-20)12-2-1-3-14(22)10-12/h1-5,10-11,22H,6-9H2. The van der Waals surface area contributed by atoms with Gasteiger partial charge in [-0.15, -0.1) is 0 Å². The minimum absolute atomic E-state index is 0.170. The molecule has 1 aliphatic heterocycles. The number of phenolic OH excluding ortho intramolecular Hbond substituents is 1. The first-order valence-electron chi connectivity index (χ1n) is 7.73. The molecule has 0 radical (unpaired) electrons. The molecule has 130 valence electrons. The van der Waals surface area contributed by atoms with Gasteiger partial charge in [-0.2, -0.15) is 0 Å². The number of hydrogen-bond donors (Lipinski definition) is 1. The first kappa shape index (κ1) is 16.7. The number of rotatable bonds is 3. The van der Waals surface area contributed by atoms with Crippen LogP contribution in [0.15, 0.2) is 42.5 Å². The fraction of sp³-hybridized carbons (Fsp3) is 0.235. The Morgan fingerprint density at radius 1 is 1.12 bits per heavy atom. The highest BCUT2D eigenvalue weighted by Crippen LogP contribution is 2.23. The Kier molecular flexibility index (Phi) is 4.51. The number of amides is 1. The Labute approximate surface area is 143 Å². The number of anilines is 1. The number of nitro groups is 1. The Balaban J connectivity index is 1.68. The van der Waals surface area contributed by atoms with E-state index in [-0.39, 0.29) is 17.0 Å². The SMILES string of the molecule is O=C(c1ccc([N+](=O)[O-])cc1F)N1CCN(c2cccc(O)c2)CC1. The second-order valence-corrected chi connectivity index (χ2v) is 5.72. The first-order chi connectivity index (χ1) is 12.0. The lowest BCUT2D eigenvalue weighted by Gasteiger charge is -2.36. The van der Waals surface area contributed by atoms with Gasteiger partial charge in [0.1, 0.15) is 11.6 Å². The molecule has 1 saturated heterocycles. The number of piperazine rings is 1. The third-order valence-electron chi connectivity index (χ3n) is 4.16. The maximum atomic E-state index is 14.0. The number of phenols is 1. The van der Waals surface area contributed by atoms with Gasteiger partial charge in [-0.1, -0.05) is 6.07 Å². The lowest BCUT2D eigenvalue weighted by molar-refractivity contribution is -0.385. The molecule has 2 aromatic rings. The van der Waals surface area contributed by atoms with Crippen LogP contribution in [0.2, 0.25) is 0 Å². The van der Waals surface area contributed by atoms with Crippen LogP contribution < -0.4 is 4.90 Å². The molecule has 0 aromatic heterocycles. The van der Waals surface area contributed by atoms with Crippen molar-refractivity contribution < 1.29 is 19.2 Å². The second kappa shape index (κ2) is 6.76. The van der Waals surface area contributed by atoms with Gasteiger partial charge in [-0.05, 0) is 18.2 Å². The average molecular weight is 345 g/mol. The van der Waals surface area contributed by atoms with Crippen molar-refractivity contribution in [1.82, 2.24) is 4.90 Å². The van der Waals surface area contributed by atoms with Gasteiger partial charge in [0, 0.05) is 44.0 Å². The summed E-state index contributed by atoms with van der Waals surface area (Å²) >= 11 is 0. The van der Waals surface area contributed by atoms with E-state index >= 15 is 0 Å². The molecule has 2 aromatic carbocycles. The molecule has 0 saturated carbocycles. The van der Waals surface area contributed by atoms with Crippen LogP contribution >= 0.6 is 0 Å². The molecule has 1 heterocycles. The Morgan fingerprint density at radius 2 is 1.84 bits per heavy atom. The zero-order chi connectivity index (χ0) is 18.0. The van der Waals surface area contributed by atoms with E-state index in [1.165, 1.54) is 4.90 Å². The maximum absolute atomic E-state index is 14.0. The summed E-state index contributed by atoms with van der Waals surface area (Å²) in [6, 6.07) is 9.88. The molecule has 0 spiro atoms. The van der Waals surface area contributed by atoms with Crippen LogP contribution in [0.1, 0.15) is 10.4 Å². The number of carbonyl (C=O) groups excluding carboxylic acids is 1. The van der Waals surface area contributed by atoms with Crippen LogP contribution in [0.3, 0.4) is 0 Å². The molecular weight excluding hydrogens is 329 g/mol. The van der Waals surface area contributed by atoms with E-state index in [0.29, 0.717) is 26.2 Å². The summed E-state index contributed by atoms with van der Waals surface area (Å²) in [7, 11) is 0. The lowest BCUT2D eigenvalue weighted by Crippen LogP contribution is -2.49. The van der Waals surface area contributed by atoms with Crippen LogP contribution in [-0.2, 0) is 0 Å². The molecule has 0 atom stereocenters. The molecule has 1 fully saturated rings. The predicted octanol–water partition coefficient (Wildman–Crippen LogP) is 2.40. The van der Waals surface area contributed by atoms with Crippen molar-refractivity contribution in [3.05, 3.63) is 64.0 Å². The smallest absolute Gasteiger partial charge is 0.272 e. The number of benzene rings is 2. The highest BCUT2D eigenvalue weighted by atomic mass is 19.1. The Hall–Kier alpha value is -3.16. The number of aromatic hydroxyl groups is 1. The Bertz CT molecular complexity index is 819. The van der Waals surface area contributed by atoms with Crippen LogP contribution in [0, 0.1) is 15.9 Å². The third kappa shape index (κ3) is 3.52. The summed E-state index contributed by atoms with van der Waals surface area (Å²) in [6.07, 6.45) is 0. The van der Waals surface area contributed by atoms with E-state index in [2.05, 4.69) is 0 Å². The lowest BCUT2D eigenvalue weighted by atomic mass is 10.1. The maximum Gasteiger partial charge on any atom is 0.272 e. The van der Waals surface area contributed by atoms with Crippen molar-refractivity contribution in [2.75, 3.05) is 31.1 Å². The van der Waals surface area contributed by atoms with Gasteiger partial charge in [0.15, 0.2) is 0 Å². The van der Waals surface area contributed by atoms with Crippen LogP contribution in [0.4, 0.5) is 15.8 Å². The predicted molar refractivity (Wildman–Crippen MR) is 89.3 cm³/mol. The molecule has 1 N–H and O–H groups in total. The summed E-state index contributed by atoms with van der Waals surface area (Å²) in [5.74, 6) is -1.21. The van der Waals surface area contributed by atoms with E-state index in [1.807, 2.05) is 11.0 Å². The summed E-state index contributed by atoms with van der Waals surface area (Å²) in [6.45, 7) is 1.88. The summed E-state index contributed by atoms with van der Waals surface area (Å²) in [4.78, 5) is 25.9. The number of non-ortho nitro benzene ring substituents is 1. The third-order valence-corrected chi connectivity index (χ3v) is 4.16. The molecule has 7 nitrogen and oxygen atoms in total. The highest BCUT2D eigenvalue weighted by molar-refractivity contribution is 5.95. The molecular formula is C17H16FN3O4. The van der Waals surface area contributed by atoms with Gasteiger partial charge in [0.2, 0.25) is 0 Å². The van der Waals surface area contributed by atoms with E-state index < -0.39 is 16.6 Å². The van der Waals surface area contributed by atoms with Crippen molar-refractivity contribution in [3.63, 3.8) is 0 Å². The minimum Gasteiger partial charge on any atom is -0.508 e. The summed E-state index contributed by atoms with van der Waals surface area (Å²) in [5.41, 5.74) is 0.299. The molecule has 25 heavy (non-hydrogen) atoms. The van der Waals surface area contributed by atoms with Crippen molar-refractivity contribution in [2.24, 2.45) is 0 Å². The molecule has 1 amide bonds. The quantitative estimate of drug-likeness (QED) is 0.682. The molecule has 3 rings (SSSR count). The van der Waals surface area contributed by atoms with Crippen LogP contribution in [0.25, 0.3) is 0 Å². The van der Waals surface area contributed by atoms with Crippen LogP contribution in [0.5, 0.6) is 5.75 Å². The van der Waals surface area contributed by atoms with Crippen molar-refractivity contribution >= 4 is 17.3 Å².